The summed E-state index contributed by atoms with van der Waals surface area (Å²) in [5, 5.41) is 2.93. The molecular weight excluding hydrogens is 264 g/mol. The summed E-state index contributed by atoms with van der Waals surface area (Å²) in [5.74, 6) is 1.21. The minimum Gasteiger partial charge on any atom is -0.496 e. The summed E-state index contributed by atoms with van der Waals surface area (Å²) in [6.45, 7) is 5.19. The molecule has 0 bridgehead atoms. The molecule has 0 aromatic heterocycles. The van der Waals surface area contributed by atoms with Gasteiger partial charge in [-0.25, -0.2) is 0 Å². The lowest BCUT2D eigenvalue weighted by atomic mass is 10.0. The van der Waals surface area contributed by atoms with E-state index in [4.69, 9.17) is 10.5 Å². The van der Waals surface area contributed by atoms with E-state index in [1.807, 2.05) is 0 Å². The summed E-state index contributed by atoms with van der Waals surface area (Å²) in [5.41, 5.74) is 6.78. The first-order valence-electron chi connectivity index (χ1n) is 7.76. The summed E-state index contributed by atoms with van der Waals surface area (Å²) in [7, 11) is 1.55. The minimum atomic E-state index is -0.124. The van der Waals surface area contributed by atoms with Gasteiger partial charge in [-0.05, 0) is 30.5 Å². The summed E-state index contributed by atoms with van der Waals surface area (Å²) < 4.78 is 5.19. The minimum absolute atomic E-state index is 0.124. The smallest absolute Gasteiger partial charge is 0.255 e. The molecular formula is C17H28N2O2. The molecule has 1 rings (SSSR count). The molecule has 0 aliphatic carbocycles. The molecule has 4 nitrogen and oxygen atoms in total. The summed E-state index contributed by atoms with van der Waals surface area (Å²) in [6.07, 6.45) is 5.95. The van der Waals surface area contributed by atoms with Crippen LogP contribution in [0, 0.1) is 5.92 Å². The molecule has 0 unspecified atom stereocenters. The highest BCUT2D eigenvalue weighted by Gasteiger charge is 2.11. The van der Waals surface area contributed by atoms with Crippen LogP contribution in [0.25, 0.3) is 0 Å². The highest BCUT2D eigenvalue weighted by molar-refractivity contribution is 5.97. The van der Waals surface area contributed by atoms with E-state index in [-0.39, 0.29) is 5.91 Å². The van der Waals surface area contributed by atoms with E-state index >= 15 is 0 Å². The van der Waals surface area contributed by atoms with E-state index in [0.717, 1.165) is 18.8 Å². The predicted octanol–water partition coefficient (Wildman–Crippen LogP) is 3.61. The van der Waals surface area contributed by atoms with Crippen LogP contribution in [-0.4, -0.2) is 19.6 Å². The molecule has 1 aromatic rings. The number of hydrogen-bond acceptors (Lipinski definition) is 3. The molecule has 3 N–H and O–H groups in total. The van der Waals surface area contributed by atoms with Gasteiger partial charge in [0.25, 0.3) is 5.91 Å². The molecule has 0 spiro atoms. The highest BCUT2D eigenvalue weighted by atomic mass is 16.5. The number of nitrogens with one attached hydrogen (secondary N) is 1. The zero-order valence-corrected chi connectivity index (χ0v) is 13.4. The number of anilines is 1. The van der Waals surface area contributed by atoms with Gasteiger partial charge in [-0.1, -0.05) is 39.5 Å². The molecule has 0 aliphatic rings. The molecule has 0 radical (unpaired) electrons. The lowest BCUT2D eigenvalue weighted by Crippen LogP contribution is -2.25. The van der Waals surface area contributed by atoms with Crippen molar-refractivity contribution in [3.8, 4) is 5.75 Å². The Morgan fingerprint density at radius 2 is 1.95 bits per heavy atom. The van der Waals surface area contributed by atoms with Crippen LogP contribution in [0.5, 0.6) is 5.75 Å². The fraction of sp³-hybridized carbons (Fsp3) is 0.588. The van der Waals surface area contributed by atoms with Gasteiger partial charge in [0.1, 0.15) is 5.75 Å². The number of hydrogen-bond donors (Lipinski definition) is 2. The Morgan fingerprint density at radius 1 is 1.24 bits per heavy atom. The standard InChI is InChI=1S/C17H28N2O2/c1-13(2)8-6-4-5-7-11-19-17(20)15-12-14(18)9-10-16(15)21-3/h9-10,12-13H,4-8,11,18H2,1-3H3,(H,19,20). The number of benzene rings is 1. The number of rotatable bonds is 9. The third-order valence-electron chi connectivity index (χ3n) is 3.46. The number of ether oxygens (including phenoxy) is 1. The quantitative estimate of drug-likeness (QED) is 0.540. The third-order valence-corrected chi connectivity index (χ3v) is 3.46. The van der Waals surface area contributed by atoms with Gasteiger partial charge >= 0.3 is 0 Å². The van der Waals surface area contributed by atoms with Crippen LogP contribution in [0.4, 0.5) is 5.69 Å². The lowest BCUT2D eigenvalue weighted by molar-refractivity contribution is 0.0950. The molecule has 0 heterocycles. The second kappa shape index (κ2) is 9.27. The van der Waals surface area contributed by atoms with Crippen molar-refractivity contribution in [1.29, 1.82) is 0 Å². The van der Waals surface area contributed by atoms with Crippen LogP contribution in [-0.2, 0) is 0 Å². The Hall–Kier alpha value is -1.71. The second-order valence-electron chi connectivity index (χ2n) is 5.81. The molecule has 21 heavy (non-hydrogen) atoms. The van der Waals surface area contributed by atoms with Crippen molar-refractivity contribution < 1.29 is 9.53 Å². The van der Waals surface area contributed by atoms with Crippen molar-refractivity contribution in [2.24, 2.45) is 5.92 Å². The van der Waals surface area contributed by atoms with Crippen LogP contribution in [0.2, 0.25) is 0 Å². The number of nitrogen functional groups attached to an aromatic ring is 1. The first kappa shape index (κ1) is 17.3. The van der Waals surface area contributed by atoms with E-state index < -0.39 is 0 Å². The molecule has 1 aromatic carbocycles. The zero-order chi connectivity index (χ0) is 15.7. The topological polar surface area (TPSA) is 64.3 Å². The molecule has 118 valence electrons. The molecule has 4 heteroatoms. The number of methoxy groups -OCH3 is 1. The van der Waals surface area contributed by atoms with Crippen LogP contribution in [0.3, 0.4) is 0 Å². The van der Waals surface area contributed by atoms with Gasteiger partial charge in [0, 0.05) is 12.2 Å². The van der Waals surface area contributed by atoms with Crippen molar-refractivity contribution in [2.75, 3.05) is 19.4 Å². The normalized spacial score (nSPS) is 10.7. The van der Waals surface area contributed by atoms with E-state index in [1.165, 1.54) is 19.3 Å². The number of unbranched alkanes of at least 4 members (excludes halogenated alkanes) is 3. The van der Waals surface area contributed by atoms with Crippen LogP contribution in [0.1, 0.15) is 56.3 Å². The number of carbonyl (C=O) groups is 1. The lowest BCUT2D eigenvalue weighted by Gasteiger charge is -2.10. The van der Waals surface area contributed by atoms with Crippen molar-refractivity contribution >= 4 is 11.6 Å². The monoisotopic (exact) mass is 292 g/mol. The third kappa shape index (κ3) is 6.52. The maximum atomic E-state index is 12.1. The van der Waals surface area contributed by atoms with Gasteiger partial charge in [0.2, 0.25) is 0 Å². The SMILES string of the molecule is COc1ccc(N)cc1C(=O)NCCCCCCC(C)C. The Balaban J connectivity index is 2.29. The average molecular weight is 292 g/mol. The Kier molecular flexibility index (Phi) is 7.65. The maximum absolute atomic E-state index is 12.1. The molecule has 0 atom stereocenters. The fourth-order valence-corrected chi connectivity index (χ4v) is 2.23. The van der Waals surface area contributed by atoms with Crippen molar-refractivity contribution in [2.45, 2.75) is 46.0 Å². The molecule has 0 aliphatic heterocycles. The second-order valence-corrected chi connectivity index (χ2v) is 5.81. The number of nitrogens with two attached hydrogens (primary N) is 1. The van der Waals surface area contributed by atoms with Gasteiger partial charge in [-0.15, -0.1) is 0 Å². The predicted molar refractivity (Wildman–Crippen MR) is 87.7 cm³/mol. The summed E-state index contributed by atoms with van der Waals surface area (Å²) >= 11 is 0. The van der Waals surface area contributed by atoms with Crippen LogP contribution >= 0.6 is 0 Å². The van der Waals surface area contributed by atoms with Crippen LogP contribution < -0.4 is 15.8 Å². The van der Waals surface area contributed by atoms with Crippen molar-refractivity contribution in [3.63, 3.8) is 0 Å². The first-order chi connectivity index (χ1) is 10.0. The average Bonchev–Trinajstić information content (AvgIpc) is 2.45. The Morgan fingerprint density at radius 3 is 2.62 bits per heavy atom. The molecule has 0 saturated carbocycles. The van der Waals surface area contributed by atoms with Gasteiger partial charge in [0.15, 0.2) is 0 Å². The zero-order valence-electron chi connectivity index (χ0n) is 13.4. The van der Waals surface area contributed by atoms with E-state index in [2.05, 4.69) is 19.2 Å². The number of carbonyl (C=O) groups excluding carboxylic acids is 1. The van der Waals surface area contributed by atoms with E-state index in [1.54, 1.807) is 25.3 Å². The summed E-state index contributed by atoms with van der Waals surface area (Å²) in [6, 6.07) is 5.09. The first-order valence-corrected chi connectivity index (χ1v) is 7.76. The van der Waals surface area contributed by atoms with Gasteiger partial charge in [0.05, 0.1) is 12.7 Å². The molecule has 0 fully saturated rings. The Labute approximate surface area is 128 Å². The van der Waals surface area contributed by atoms with Gasteiger partial charge in [-0.2, -0.15) is 0 Å². The van der Waals surface area contributed by atoms with Crippen LogP contribution in [0.15, 0.2) is 18.2 Å². The summed E-state index contributed by atoms with van der Waals surface area (Å²) in [4.78, 5) is 12.1. The van der Waals surface area contributed by atoms with Crippen molar-refractivity contribution in [1.82, 2.24) is 5.32 Å². The molecule has 1 amide bonds. The van der Waals surface area contributed by atoms with Crippen molar-refractivity contribution in [3.05, 3.63) is 23.8 Å². The fourth-order valence-electron chi connectivity index (χ4n) is 2.23. The Bertz CT molecular complexity index is 444. The van der Waals surface area contributed by atoms with E-state index in [9.17, 15) is 4.79 Å². The largest absolute Gasteiger partial charge is 0.496 e. The van der Waals surface area contributed by atoms with Gasteiger partial charge in [-0.3, -0.25) is 4.79 Å². The van der Waals surface area contributed by atoms with E-state index in [0.29, 0.717) is 23.5 Å². The van der Waals surface area contributed by atoms with Gasteiger partial charge < -0.3 is 15.8 Å². The maximum Gasteiger partial charge on any atom is 0.255 e. The highest BCUT2D eigenvalue weighted by Crippen LogP contribution is 2.20. The number of amides is 1. The molecule has 0 saturated heterocycles.